The molecule has 0 aromatic heterocycles. The van der Waals surface area contributed by atoms with Gasteiger partial charge >= 0.3 is 6.09 Å². The maximum Gasteiger partial charge on any atom is 0.410 e. The van der Waals surface area contributed by atoms with E-state index in [4.69, 9.17) is 9.47 Å². The van der Waals surface area contributed by atoms with Crippen LogP contribution in [0.3, 0.4) is 0 Å². The Morgan fingerprint density at radius 2 is 2.14 bits per heavy atom. The molecule has 2 atom stereocenters. The van der Waals surface area contributed by atoms with Crippen LogP contribution in [0, 0.1) is 0 Å². The van der Waals surface area contributed by atoms with Crippen molar-refractivity contribution in [1.82, 2.24) is 15.1 Å². The van der Waals surface area contributed by atoms with Crippen LogP contribution in [0.1, 0.15) is 33.6 Å². The summed E-state index contributed by atoms with van der Waals surface area (Å²) in [6, 6.07) is 0.483. The first-order chi connectivity index (χ1) is 10.4. The molecule has 0 aliphatic carbocycles. The number of likely N-dealkylation sites (tertiary alicyclic amines) is 1. The maximum absolute atomic E-state index is 12.3. The fraction of sp³-hybridized carbons (Fsp3) is 0.938. The van der Waals surface area contributed by atoms with E-state index in [1.807, 2.05) is 25.7 Å². The van der Waals surface area contributed by atoms with Crippen molar-refractivity contribution in [3.05, 3.63) is 0 Å². The molecular weight excluding hydrogens is 282 g/mol. The Bertz CT molecular complexity index is 423. The normalized spacial score (nSPS) is 33.6. The molecule has 3 aliphatic rings. The largest absolute Gasteiger partial charge is 0.444 e. The second-order valence-corrected chi connectivity index (χ2v) is 7.83. The molecule has 0 radical (unpaired) electrons. The Kier molecular flexibility index (Phi) is 4.36. The van der Waals surface area contributed by atoms with Crippen molar-refractivity contribution in [2.75, 3.05) is 45.9 Å². The molecule has 3 saturated heterocycles. The predicted molar refractivity (Wildman–Crippen MR) is 84.0 cm³/mol. The van der Waals surface area contributed by atoms with Crippen molar-refractivity contribution < 1.29 is 14.3 Å². The number of ether oxygens (including phenoxy) is 2. The first-order valence-electron chi connectivity index (χ1n) is 8.44. The van der Waals surface area contributed by atoms with Gasteiger partial charge in [0.15, 0.2) is 0 Å². The summed E-state index contributed by atoms with van der Waals surface area (Å²) in [5.41, 5.74) is -0.651. The summed E-state index contributed by atoms with van der Waals surface area (Å²) < 4.78 is 11.8. The van der Waals surface area contributed by atoms with Crippen LogP contribution in [0.15, 0.2) is 0 Å². The van der Waals surface area contributed by atoms with Gasteiger partial charge in [-0.05, 0) is 33.6 Å². The highest BCUT2D eigenvalue weighted by molar-refractivity contribution is 5.68. The number of hydrogen-bond donors (Lipinski definition) is 1. The third-order valence-corrected chi connectivity index (χ3v) is 4.74. The summed E-state index contributed by atoms with van der Waals surface area (Å²) in [4.78, 5) is 16.7. The fourth-order valence-corrected chi connectivity index (χ4v) is 3.69. The Morgan fingerprint density at radius 3 is 2.91 bits per heavy atom. The van der Waals surface area contributed by atoms with E-state index in [-0.39, 0.29) is 11.7 Å². The minimum atomic E-state index is -0.446. The van der Waals surface area contributed by atoms with Crippen LogP contribution in [0.5, 0.6) is 0 Å². The van der Waals surface area contributed by atoms with Gasteiger partial charge in [0.2, 0.25) is 0 Å². The number of carbonyl (C=O) groups is 1. The summed E-state index contributed by atoms with van der Waals surface area (Å²) in [5.74, 6) is 0. The van der Waals surface area contributed by atoms with Gasteiger partial charge in [0, 0.05) is 38.8 Å². The van der Waals surface area contributed by atoms with Crippen LogP contribution in [-0.4, -0.2) is 79.0 Å². The van der Waals surface area contributed by atoms with Crippen molar-refractivity contribution in [2.45, 2.75) is 50.9 Å². The van der Waals surface area contributed by atoms with E-state index in [0.29, 0.717) is 12.6 Å². The molecule has 126 valence electrons. The zero-order valence-corrected chi connectivity index (χ0v) is 14.1. The summed E-state index contributed by atoms with van der Waals surface area (Å²) in [6.45, 7) is 12.0. The number of rotatable bonds is 0. The number of nitrogens with zero attached hydrogens (tertiary/aromatic N) is 2. The van der Waals surface area contributed by atoms with Crippen LogP contribution in [0.25, 0.3) is 0 Å². The second-order valence-electron chi connectivity index (χ2n) is 7.83. The van der Waals surface area contributed by atoms with Gasteiger partial charge in [0.05, 0.1) is 18.8 Å². The second kappa shape index (κ2) is 5.98. The van der Waals surface area contributed by atoms with Crippen LogP contribution in [-0.2, 0) is 9.47 Å². The van der Waals surface area contributed by atoms with E-state index < -0.39 is 5.60 Å². The van der Waals surface area contributed by atoms with E-state index in [1.54, 1.807) is 0 Å². The number of hydrogen-bond acceptors (Lipinski definition) is 5. The number of amides is 1. The average Bonchev–Trinajstić information content (AvgIpc) is 2.45. The molecule has 3 heterocycles. The van der Waals surface area contributed by atoms with Gasteiger partial charge in [-0.2, -0.15) is 0 Å². The van der Waals surface area contributed by atoms with Crippen molar-refractivity contribution in [3.63, 3.8) is 0 Å². The predicted octanol–water partition coefficient (Wildman–Crippen LogP) is 1.06. The zero-order valence-electron chi connectivity index (χ0n) is 14.1. The van der Waals surface area contributed by atoms with E-state index in [1.165, 1.54) is 0 Å². The molecule has 1 amide bonds. The van der Waals surface area contributed by atoms with Gasteiger partial charge in [-0.1, -0.05) is 0 Å². The van der Waals surface area contributed by atoms with Gasteiger partial charge in [0.25, 0.3) is 0 Å². The summed E-state index contributed by atoms with van der Waals surface area (Å²) in [7, 11) is 0. The molecule has 0 bridgehead atoms. The minimum absolute atomic E-state index is 0.205. The van der Waals surface area contributed by atoms with Gasteiger partial charge in [-0.25, -0.2) is 4.79 Å². The zero-order chi connectivity index (χ0) is 15.8. The molecule has 3 aliphatic heterocycles. The number of piperidine rings is 1. The number of morpholine rings is 1. The Labute approximate surface area is 133 Å². The Balaban J connectivity index is 1.63. The van der Waals surface area contributed by atoms with Crippen molar-refractivity contribution in [2.24, 2.45) is 0 Å². The van der Waals surface area contributed by atoms with Crippen molar-refractivity contribution in [3.8, 4) is 0 Å². The molecule has 22 heavy (non-hydrogen) atoms. The van der Waals surface area contributed by atoms with E-state index >= 15 is 0 Å². The molecule has 6 heteroatoms. The van der Waals surface area contributed by atoms with Crippen LogP contribution >= 0.6 is 0 Å². The SMILES string of the molecule is CC(C)(C)OC(=O)N1CCCC2(C1)CN1CCNCC1CO2. The lowest BCUT2D eigenvalue weighted by molar-refractivity contribution is -0.161. The first kappa shape index (κ1) is 16.0. The van der Waals surface area contributed by atoms with Crippen molar-refractivity contribution in [1.29, 1.82) is 0 Å². The molecule has 2 unspecified atom stereocenters. The van der Waals surface area contributed by atoms with Gasteiger partial charge in [-0.3, -0.25) is 4.90 Å². The van der Waals surface area contributed by atoms with Crippen molar-refractivity contribution >= 4 is 6.09 Å². The molecule has 0 aromatic carbocycles. The molecule has 0 aromatic rings. The number of fused-ring (bicyclic) bond motifs is 1. The van der Waals surface area contributed by atoms with E-state index in [0.717, 1.165) is 52.2 Å². The van der Waals surface area contributed by atoms with Gasteiger partial charge in [-0.15, -0.1) is 0 Å². The standard InChI is InChI=1S/C16H29N3O3/c1-15(2,3)22-14(20)19-7-4-5-16(12-19)11-18-8-6-17-9-13(18)10-21-16/h13,17H,4-12H2,1-3H3. The van der Waals surface area contributed by atoms with E-state index in [2.05, 4.69) is 10.2 Å². The monoisotopic (exact) mass is 311 g/mol. The molecule has 1 spiro atoms. The highest BCUT2D eigenvalue weighted by atomic mass is 16.6. The fourth-order valence-electron chi connectivity index (χ4n) is 3.69. The van der Waals surface area contributed by atoms with Crippen LogP contribution in [0.2, 0.25) is 0 Å². The lowest BCUT2D eigenvalue weighted by Crippen LogP contribution is -2.67. The molecule has 3 rings (SSSR count). The molecule has 0 saturated carbocycles. The average molecular weight is 311 g/mol. The van der Waals surface area contributed by atoms with E-state index in [9.17, 15) is 4.79 Å². The summed E-state index contributed by atoms with van der Waals surface area (Å²) in [6.07, 6.45) is 1.80. The lowest BCUT2D eigenvalue weighted by atomic mass is 9.89. The summed E-state index contributed by atoms with van der Waals surface area (Å²) >= 11 is 0. The molecule has 3 fully saturated rings. The lowest BCUT2D eigenvalue weighted by Gasteiger charge is -2.52. The Hall–Kier alpha value is -0.850. The minimum Gasteiger partial charge on any atom is -0.444 e. The molecular formula is C16H29N3O3. The maximum atomic E-state index is 12.3. The number of piperazine rings is 1. The number of nitrogens with one attached hydrogen (secondary N) is 1. The van der Waals surface area contributed by atoms with Crippen LogP contribution < -0.4 is 5.32 Å². The quantitative estimate of drug-likeness (QED) is 0.725. The summed E-state index contributed by atoms with van der Waals surface area (Å²) in [5, 5.41) is 3.42. The highest BCUT2D eigenvalue weighted by Crippen LogP contribution is 2.31. The highest BCUT2D eigenvalue weighted by Gasteiger charge is 2.45. The molecule has 1 N–H and O–H groups in total. The smallest absolute Gasteiger partial charge is 0.410 e. The van der Waals surface area contributed by atoms with Gasteiger partial charge in [0.1, 0.15) is 5.60 Å². The third kappa shape index (κ3) is 3.55. The van der Waals surface area contributed by atoms with Crippen LogP contribution in [0.4, 0.5) is 4.79 Å². The Morgan fingerprint density at radius 1 is 1.32 bits per heavy atom. The topological polar surface area (TPSA) is 54.0 Å². The molecule has 6 nitrogen and oxygen atoms in total. The van der Waals surface area contributed by atoms with Gasteiger partial charge < -0.3 is 19.7 Å². The third-order valence-electron chi connectivity index (χ3n) is 4.74. The first-order valence-corrected chi connectivity index (χ1v) is 8.44. The number of carbonyl (C=O) groups excluding carboxylic acids is 1.